The summed E-state index contributed by atoms with van der Waals surface area (Å²) in [4.78, 5) is 11.8. The fourth-order valence-electron chi connectivity index (χ4n) is 2.98. The molecule has 24 heavy (non-hydrogen) atoms. The maximum atomic E-state index is 11.8. The SMILES string of the molecule is O=C(COc1ccc(C2SCCCS2)cc1)NCCC1CCNC1. The van der Waals surface area contributed by atoms with Crippen LogP contribution in [0, 0.1) is 5.92 Å². The number of ether oxygens (including phenoxy) is 1. The van der Waals surface area contributed by atoms with Gasteiger partial charge in [0.15, 0.2) is 6.61 Å². The minimum absolute atomic E-state index is 0.0385. The molecule has 0 bridgehead atoms. The van der Waals surface area contributed by atoms with Crippen LogP contribution in [0.2, 0.25) is 0 Å². The van der Waals surface area contributed by atoms with Gasteiger partial charge in [-0.25, -0.2) is 0 Å². The highest BCUT2D eigenvalue weighted by Gasteiger charge is 2.16. The first-order valence-corrected chi connectivity index (χ1v) is 10.8. The molecule has 2 fully saturated rings. The van der Waals surface area contributed by atoms with Crippen molar-refractivity contribution >= 4 is 29.4 Å². The van der Waals surface area contributed by atoms with E-state index >= 15 is 0 Å². The van der Waals surface area contributed by atoms with Crippen LogP contribution >= 0.6 is 23.5 Å². The molecule has 0 radical (unpaired) electrons. The fraction of sp³-hybridized carbons (Fsp3) is 0.611. The Morgan fingerprint density at radius 1 is 1.25 bits per heavy atom. The molecule has 0 saturated carbocycles. The van der Waals surface area contributed by atoms with E-state index in [4.69, 9.17) is 4.74 Å². The van der Waals surface area contributed by atoms with Crippen molar-refractivity contribution in [2.24, 2.45) is 5.92 Å². The normalized spacial score (nSPS) is 21.6. The van der Waals surface area contributed by atoms with Crippen LogP contribution in [0.3, 0.4) is 0 Å². The summed E-state index contributed by atoms with van der Waals surface area (Å²) in [5.74, 6) is 3.91. The molecule has 3 rings (SSSR count). The van der Waals surface area contributed by atoms with E-state index in [1.54, 1.807) is 0 Å². The van der Waals surface area contributed by atoms with Gasteiger partial charge in [-0.1, -0.05) is 12.1 Å². The Kier molecular flexibility index (Phi) is 7.17. The van der Waals surface area contributed by atoms with Crippen molar-refractivity contribution in [3.05, 3.63) is 29.8 Å². The molecule has 4 nitrogen and oxygen atoms in total. The van der Waals surface area contributed by atoms with E-state index < -0.39 is 0 Å². The third-order valence-corrected chi connectivity index (χ3v) is 7.40. The monoisotopic (exact) mass is 366 g/mol. The molecule has 2 aliphatic heterocycles. The van der Waals surface area contributed by atoms with Gasteiger partial charge in [0.25, 0.3) is 5.91 Å². The smallest absolute Gasteiger partial charge is 0.257 e. The number of nitrogens with one attached hydrogen (secondary N) is 2. The van der Waals surface area contributed by atoms with Gasteiger partial charge in [-0.15, -0.1) is 23.5 Å². The first-order chi connectivity index (χ1) is 11.8. The largest absolute Gasteiger partial charge is 0.484 e. The average molecular weight is 367 g/mol. The van der Waals surface area contributed by atoms with Crippen LogP contribution in [0.4, 0.5) is 0 Å². The van der Waals surface area contributed by atoms with Crippen LogP contribution in [-0.2, 0) is 4.79 Å². The van der Waals surface area contributed by atoms with Gasteiger partial charge in [0.05, 0.1) is 4.58 Å². The molecular weight excluding hydrogens is 340 g/mol. The predicted octanol–water partition coefficient (Wildman–Crippen LogP) is 3.05. The average Bonchev–Trinajstić information content (AvgIpc) is 3.15. The van der Waals surface area contributed by atoms with Crippen LogP contribution in [0.25, 0.3) is 0 Å². The molecule has 2 aliphatic rings. The topological polar surface area (TPSA) is 50.4 Å². The summed E-state index contributed by atoms with van der Waals surface area (Å²) in [5, 5.41) is 6.29. The molecule has 1 amide bonds. The van der Waals surface area contributed by atoms with E-state index in [9.17, 15) is 4.79 Å². The Bertz CT molecular complexity index is 512. The number of carbonyl (C=O) groups is 1. The second kappa shape index (κ2) is 9.59. The Labute approximate surface area is 152 Å². The minimum atomic E-state index is -0.0385. The summed E-state index contributed by atoms with van der Waals surface area (Å²) in [7, 11) is 0. The van der Waals surface area contributed by atoms with Crippen molar-refractivity contribution < 1.29 is 9.53 Å². The quantitative estimate of drug-likeness (QED) is 0.777. The number of rotatable bonds is 7. The molecule has 2 N–H and O–H groups in total. The van der Waals surface area contributed by atoms with E-state index in [2.05, 4.69) is 22.8 Å². The van der Waals surface area contributed by atoms with Gasteiger partial charge < -0.3 is 15.4 Å². The fourth-order valence-corrected chi connectivity index (χ4v) is 5.87. The molecule has 1 atom stereocenters. The molecule has 0 aromatic heterocycles. The van der Waals surface area contributed by atoms with Crippen molar-refractivity contribution in [2.45, 2.75) is 23.8 Å². The van der Waals surface area contributed by atoms with E-state index in [1.165, 1.54) is 29.9 Å². The Balaban J connectivity index is 1.35. The maximum absolute atomic E-state index is 11.8. The van der Waals surface area contributed by atoms with Crippen LogP contribution < -0.4 is 15.4 Å². The molecule has 2 saturated heterocycles. The number of hydrogen-bond acceptors (Lipinski definition) is 5. The summed E-state index contributed by atoms with van der Waals surface area (Å²) < 4.78 is 6.14. The molecule has 1 aromatic rings. The highest BCUT2D eigenvalue weighted by molar-refractivity contribution is 8.16. The predicted molar refractivity (Wildman–Crippen MR) is 103 cm³/mol. The Morgan fingerprint density at radius 3 is 2.75 bits per heavy atom. The lowest BCUT2D eigenvalue weighted by Gasteiger charge is -2.21. The first kappa shape index (κ1) is 18.0. The van der Waals surface area contributed by atoms with E-state index in [0.717, 1.165) is 31.8 Å². The summed E-state index contributed by atoms with van der Waals surface area (Å²) in [6, 6.07) is 8.19. The summed E-state index contributed by atoms with van der Waals surface area (Å²) in [6.07, 6.45) is 3.57. The van der Waals surface area contributed by atoms with Gasteiger partial charge >= 0.3 is 0 Å². The number of hydrogen-bond donors (Lipinski definition) is 2. The highest BCUT2D eigenvalue weighted by Crippen LogP contribution is 2.43. The maximum Gasteiger partial charge on any atom is 0.257 e. The van der Waals surface area contributed by atoms with Crippen LogP contribution in [0.1, 0.15) is 29.4 Å². The Hall–Kier alpha value is -0.850. The molecule has 1 unspecified atom stereocenters. The van der Waals surface area contributed by atoms with Gasteiger partial charge in [-0.2, -0.15) is 0 Å². The van der Waals surface area contributed by atoms with Crippen LogP contribution in [0.5, 0.6) is 5.75 Å². The molecule has 1 aromatic carbocycles. The third-order valence-electron chi connectivity index (χ3n) is 4.39. The minimum Gasteiger partial charge on any atom is -0.484 e. The van der Waals surface area contributed by atoms with Gasteiger partial charge in [-0.05, 0) is 67.5 Å². The van der Waals surface area contributed by atoms with Crippen molar-refractivity contribution in [3.8, 4) is 5.75 Å². The third kappa shape index (κ3) is 5.60. The molecule has 0 aliphatic carbocycles. The Morgan fingerprint density at radius 2 is 2.04 bits per heavy atom. The number of benzene rings is 1. The van der Waals surface area contributed by atoms with Crippen molar-refractivity contribution in [1.29, 1.82) is 0 Å². The van der Waals surface area contributed by atoms with Gasteiger partial charge in [0, 0.05) is 6.54 Å². The second-order valence-corrected chi connectivity index (χ2v) is 9.01. The lowest BCUT2D eigenvalue weighted by molar-refractivity contribution is -0.123. The summed E-state index contributed by atoms with van der Waals surface area (Å²) >= 11 is 4.03. The zero-order valence-corrected chi connectivity index (χ0v) is 15.6. The first-order valence-electron chi connectivity index (χ1n) is 8.74. The number of amides is 1. The van der Waals surface area contributed by atoms with Crippen molar-refractivity contribution in [2.75, 3.05) is 37.7 Å². The highest BCUT2D eigenvalue weighted by atomic mass is 32.2. The van der Waals surface area contributed by atoms with E-state index in [1.807, 2.05) is 35.7 Å². The number of thioether (sulfide) groups is 2. The zero-order chi connectivity index (χ0) is 16.6. The zero-order valence-electron chi connectivity index (χ0n) is 14.0. The second-order valence-electron chi connectivity index (χ2n) is 6.28. The number of carbonyl (C=O) groups excluding carboxylic acids is 1. The standard InChI is InChI=1S/C18H26N2O2S2/c21-17(20-9-7-14-6-8-19-12-14)13-22-16-4-2-15(3-5-16)18-23-10-1-11-24-18/h2-5,14,18-19H,1,6-13H2,(H,20,21). The lowest BCUT2D eigenvalue weighted by Crippen LogP contribution is -2.30. The summed E-state index contributed by atoms with van der Waals surface area (Å²) in [5.41, 5.74) is 1.34. The van der Waals surface area contributed by atoms with Crippen LogP contribution in [-0.4, -0.2) is 43.7 Å². The summed E-state index contributed by atoms with van der Waals surface area (Å²) in [6.45, 7) is 3.02. The molecule has 0 spiro atoms. The van der Waals surface area contributed by atoms with Crippen molar-refractivity contribution in [3.63, 3.8) is 0 Å². The van der Waals surface area contributed by atoms with Gasteiger partial charge in [0.1, 0.15) is 5.75 Å². The van der Waals surface area contributed by atoms with Gasteiger partial charge in [-0.3, -0.25) is 4.79 Å². The molecule has 2 heterocycles. The van der Waals surface area contributed by atoms with Crippen molar-refractivity contribution in [1.82, 2.24) is 10.6 Å². The molecule has 132 valence electrons. The molecule has 6 heteroatoms. The van der Waals surface area contributed by atoms with Gasteiger partial charge in [0.2, 0.25) is 0 Å². The van der Waals surface area contributed by atoms with E-state index in [0.29, 0.717) is 10.5 Å². The van der Waals surface area contributed by atoms with Crippen LogP contribution in [0.15, 0.2) is 24.3 Å². The van der Waals surface area contributed by atoms with E-state index in [-0.39, 0.29) is 12.5 Å². The molecular formula is C18H26N2O2S2. The lowest BCUT2D eigenvalue weighted by atomic mass is 10.1.